The number of hydrogen-bond acceptors (Lipinski definition) is 4. The zero-order valence-electron chi connectivity index (χ0n) is 20.3. The van der Waals surface area contributed by atoms with Crippen molar-refractivity contribution in [1.29, 1.82) is 0 Å². The largest absolute Gasteiger partial charge is 0.337 e. The van der Waals surface area contributed by atoms with Crippen LogP contribution < -0.4 is 15.5 Å². The summed E-state index contributed by atoms with van der Waals surface area (Å²) in [4.78, 5) is 40.5. The predicted molar refractivity (Wildman–Crippen MR) is 149 cm³/mol. The molecule has 0 atom stereocenters. The van der Waals surface area contributed by atoms with E-state index in [9.17, 15) is 14.4 Å². The van der Waals surface area contributed by atoms with Crippen LogP contribution in [0, 0.1) is 13.8 Å². The summed E-state index contributed by atoms with van der Waals surface area (Å²) >= 11 is 5.33. The van der Waals surface area contributed by atoms with Crippen molar-refractivity contribution < 1.29 is 14.4 Å². The highest BCUT2D eigenvalue weighted by atomic mass is 32.1. The second kappa shape index (κ2) is 9.83. The maximum Gasteiger partial charge on any atom is 0.270 e. The summed E-state index contributed by atoms with van der Waals surface area (Å²) in [6, 6.07) is 22.5. The van der Waals surface area contributed by atoms with Crippen molar-refractivity contribution in [2.45, 2.75) is 20.4 Å². The van der Waals surface area contributed by atoms with Gasteiger partial charge in [-0.1, -0.05) is 54.1 Å². The topological polar surface area (TPSA) is 83.4 Å². The number of carbonyl (C=O) groups is 3. The Labute approximate surface area is 219 Å². The summed E-state index contributed by atoms with van der Waals surface area (Å²) in [5.74, 6) is -1.25. The molecule has 0 radical (unpaired) electrons. The monoisotopic (exact) mass is 508 g/mol. The Balaban J connectivity index is 1.49. The van der Waals surface area contributed by atoms with E-state index in [0.29, 0.717) is 16.9 Å². The molecule has 0 spiro atoms. The number of aromatic nitrogens is 1. The Kier molecular flexibility index (Phi) is 6.42. The number of fused-ring (bicyclic) bond motifs is 1. The van der Waals surface area contributed by atoms with Crippen molar-refractivity contribution in [1.82, 2.24) is 9.88 Å². The number of nitrogens with zero attached hydrogens (tertiary/aromatic N) is 2. The molecule has 0 unspecified atom stereocenters. The molecule has 37 heavy (non-hydrogen) atoms. The molecule has 3 aromatic carbocycles. The average molecular weight is 509 g/mol. The number of hydrogen-bond donors (Lipinski definition) is 2. The Morgan fingerprint density at radius 2 is 1.68 bits per heavy atom. The Bertz CT molecular complexity index is 1600. The second-order valence-electron chi connectivity index (χ2n) is 8.89. The van der Waals surface area contributed by atoms with Crippen LogP contribution in [-0.2, 0) is 20.9 Å². The average Bonchev–Trinajstić information content (AvgIpc) is 3.21. The molecular formula is C29H24N4O3S. The Morgan fingerprint density at radius 3 is 2.43 bits per heavy atom. The molecule has 2 heterocycles. The minimum atomic E-state index is -0.561. The van der Waals surface area contributed by atoms with Gasteiger partial charge in [-0.2, -0.15) is 0 Å². The highest BCUT2D eigenvalue weighted by molar-refractivity contribution is 7.80. The van der Waals surface area contributed by atoms with Gasteiger partial charge in [-0.05, 0) is 62.0 Å². The molecule has 2 N–H and O–H groups in total. The maximum absolute atomic E-state index is 13.5. The van der Waals surface area contributed by atoms with E-state index in [1.54, 1.807) is 22.9 Å². The van der Waals surface area contributed by atoms with Crippen LogP contribution in [0.3, 0.4) is 0 Å². The van der Waals surface area contributed by atoms with E-state index in [0.717, 1.165) is 22.0 Å². The SMILES string of the molecule is Cc1ccc(NC(=O)Cn2cc(/C=C3\C(=O)NC(=S)N(c4ccccc4C)C3=O)c3ccccc32)cc1. The molecule has 1 aliphatic heterocycles. The van der Waals surface area contributed by atoms with Crippen molar-refractivity contribution in [3.8, 4) is 0 Å². The molecular weight excluding hydrogens is 484 g/mol. The molecule has 184 valence electrons. The lowest BCUT2D eigenvalue weighted by Crippen LogP contribution is -2.54. The van der Waals surface area contributed by atoms with Gasteiger partial charge in [0.1, 0.15) is 12.1 Å². The predicted octanol–water partition coefficient (Wildman–Crippen LogP) is 4.73. The van der Waals surface area contributed by atoms with Crippen LogP contribution in [0.25, 0.3) is 17.0 Å². The molecule has 3 amide bonds. The normalized spacial score (nSPS) is 14.8. The number of aryl methyl sites for hydroxylation is 2. The minimum Gasteiger partial charge on any atom is -0.337 e. The number of anilines is 2. The number of thiocarbonyl (C=S) groups is 1. The van der Waals surface area contributed by atoms with Gasteiger partial charge in [0.25, 0.3) is 11.8 Å². The second-order valence-corrected chi connectivity index (χ2v) is 9.27. The Morgan fingerprint density at radius 1 is 0.973 bits per heavy atom. The molecule has 1 fully saturated rings. The lowest BCUT2D eigenvalue weighted by atomic mass is 10.1. The van der Waals surface area contributed by atoms with Gasteiger partial charge in [0.05, 0.1) is 5.69 Å². The highest BCUT2D eigenvalue weighted by Crippen LogP contribution is 2.28. The first-order valence-electron chi connectivity index (χ1n) is 11.7. The number of amides is 3. The van der Waals surface area contributed by atoms with E-state index in [1.165, 1.54) is 4.90 Å². The van der Waals surface area contributed by atoms with Crippen molar-refractivity contribution >= 4 is 63.4 Å². The summed E-state index contributed by atoms with van der Waals surface area (Å²) in [7, 11) is 0. The number of para-hydroxylation sites is 2. The van der Waals surface area contributed by atoms with Crippen LogP contribution in [-0.4, -0.2) is 27.4 Å². The summed E-state index contributed by atoms with van der Waals surface area (Å²) in [5.41, 5.74) is 4.70. The van der Waals surface area contributed by atoms with Gasteiger partial charge in [-0.15, -0.1) is 0 Å². The minimum absolute atomic E-state index is 0.0381. The lowest BCUT2D eigenvalue weighted by molar-refractivity contribution is -0.122. The molecule has 0 bridgehead atoms. The fraction of sp³-hybridized carbons (Fsp3) is 0.103. The van der Waals surface area contributed by atoms with Crippen molar-refractivity contribution in [2.75, 3.05) is 10.2 Å². The lowest BCUT2D eigenvalue weighted by Gasteiger charge is -2.29. The third kappa shape index (κ3) is 4.79. The Hall–Kier alpha value is -4.56. The van der Waals surface area contributed by atoms with Crippen LogP contribution in [0.15, 0.2) is 84.6 Å². The third-order valence-electron chi connectivity index (χ3n) is 6.23. The van der Waals surface area contributed by atoms with Crippen LogP contribution >= 0.6 is 12.2 Å². The molecule has 7 nitrogen and oxygen atoms in total. The first kappa shape index (κ1) is 24.1. The van der Waals surface area contributed by atoms with Crippen molar-refractivity contribution in [3.05, 3.63) is 101 Å². The van der Waals surface area contributed by atoms with E-state index in [-0.39, 0.29) is 23.1 Å². The fourth-order valence-corrected chi connectivity index (χ4v) is 4.63. The molecule has 0 saturated carbocycles. The van der Waals surface area contributed by atoms with E-state index < -0.39 is 11.8 Å². The quantitative estimate of drug-likeness (QED) is 0.232. The highest BCUT2D eigenvalue weighted by Gasteiger charge is 2.35. The summed E-state index contributed by atoms with van der Waals surface area (Å²) in [5, 5.41) is 6.39. The zero-order valence-corrected chi connectivity index (χ0v) is 21.1. The van der Waals surface area contributed by atoms with Crippen molar-refractivity contribution in [3.63, 3.8) is 0 Å². The smallest absolute Gasteiger partial charge is 0.270 e. The third-order valence-corrected chi connectivity index (χ3v) is 6.51. The van der Waals surface area contributed by atoms with Gasteiger partial charge < -0.3 is 9.88 Å². The van der Waals surface area contributed by atoms with Gasteiger partial charge >= 0.3 is 0 Å². The number of rotatable bonds is 5. The number of nitrogens with one attached hydrogen (secondary N) is 2. The molecule has 8 heteroatoms. The first-order valence-corrected chi connectivity index (χ1v) is 12.1. The van der Waals surface area contributed by atoms with Gasteiger partial charge in [0.2, 0.25) is 5.91 Å². The number of carbonyl (C=O) groups excluding carboxylic acids is 3. The van der Waals surface area contributed by atoms with E-state index >= 15 is 0 Å². The molecule has 4 aromatic rings. The summed E-state index contributed by atoms with van der Waals surface area (Å²) in [6.45, 7) is 3.93. The molecule has 5 rings (SSSR count). The summed E-state index contributed by atoms with van der Waals surface area (Å²) < 4.78 is 1.81. The fourth-order valence-electron chi connectivity index (χ4n) is 4.36. The van der Waals surface area contributed by atoms with Gasteiger partial charge in [0.15, 0.2) is 5.11 Å². The van der Waals surface area contributed by atoms with E-state index in [4.69, 9.17) is 12.2 Å². The van der Waals surface area contributed by atoms with Crippen LogP contribution in [0.5, 0.6) is 0 Å². The summed E-state index contributed by atoms with van der Waals surface area (Å²) in [6.07, 6.45) is 3.33. The van der Waals surface area contributed by atoms with Crippen LogP contribution in [0.2, 0.25) is 0 Å². The number of benzene rings is 3. The standard InChI is InChI=1S/C29H24N4O3S/c1-18-11-13-21(14-12-18)30-26(34)17-32-16-20(22-8-4-6-10-25(22)32)15-23-27(35)31-29(37)33(28(23)36)24-9-5-3-7-19(24)2/h3-16H,17H2,1-2H3,(H,30,34)(H,31,35,37)/b23-15+. The van der Waals surface area contributed by atoms with Crippen LogP contribution in [0.4, 0.5) is 11.4 Å². The van der Waals surface area contributed by atoms with E-state index in [2.05, 4.69) is 10.6 Å². The first-order chi connectivity index (χ1) is 17.8. The maximum atomic E-state index is 13.5. The van der Waals surface area contributed by atoms with Gasteiger partial charge in [-0.3, -0.25) is 24.6 Å². The van der Waals surface area contributed by atoms with Crippen molar-refractivity contribution in [2.24, 2.45) is 0 Å². The van der Waals surface area contributed by atoms with Gasteiger partial charge in [-0.25, -0.2) is 0 Å². The van der Waals surface area contributed by atoms with E-state index in [1.807, 2.05) is 80.6 Å². The molecule has 1 aliphatic rings. The molecule has 0 aliphatic carbocycles. The molecule has 1 saturated heterocycles. The molecule has 1 aromatic heterocycles. The zero-order chi connectivity index (χ0) is 26.1. The van der Waals surface area contributed by atoms with Crippen LogP contribution in [0.1, 0.15) is 16.7 Å². The van der Waals surface area contributed by atoms with Gasteiger partial charge in [0, 0.05) is 28.4 Å².